The van der Waals surface area contributed by atoms with Gasteiger partial charge in [0.2, 0.25) is 0 Å². The molecule has 0 aliphatic rings. The fourth-order valence-corrected chi connectivity index (χ4v) is 2.01. The summed E-state index contributed by atoms with van der Waals surface area (Å²) in [5.41, 5.74) is -0.176. The van der Waals surface area contributed by atoms with E-state index in [0.717, 1.165) is 5.01 Å². The summed E-state index contributed by atoms with van der Waals surface area (Å²) in [5.74, 6) is 0. The summed E-state index contributed by atoms with van der Waals surface area (Å²) in [5, 5.41) is 15.8. The van der Waals surface area contributed by atoms with Gasteiger partial charge < -0.3 is 10.4 Å². The van der Waals surface area contributed by atoms with Crippen molar-refractivity contribution in [1.29, 1.82) is 0 Å². The van der Waals surface area contributed by atoms with Gasteiger partial charge in [0.25, 0.3) is 0 Å². The first kappa shape index (κ1) is 11.6. The van der Waals surface area contributed by atoms with Crippen molar-refractivity contribution in [3.8, 4) is 0 Å². The maximum Gasteiger partial charge on any atom is 0.112 e. The second-order valence-corrected chi connectivity index (χ2v) is 5.03. The van der Waals surface area contributed by atoms with Crippen LogP contribution in [0.1, 0.15) is 32.7 Å². The third-order valence-electron chi connectivity index (χ3n) is 2.28. The molecule has 0 amide bonds. The van der Waals surface area contributed by atoms with Crippen LogP contribution >= 0.6 is 11.3 Å². The van der Waals surface area contributed by atoms with Gasteiger partial charge in [-0.2, -0.15) is 0 Å². The van der Waals surface area contributed by atoms with Crippen LogP contribution in [0.4, 0.5) is 0 Å². The molecule has 0 saturated carbocycles. The van der Waals surface area contributed by atoms with Crippen LogP contribution in [0.3, 0.4) is 0 Å². The Labute approximate surface area is 89.2 Å². The molecule has 1 heterocycles. The fourth-order valence-electron chi connectivity index (χ4n) is 1.28. The van der Waals surface area contributed by atoms with E-state index in [1.165, 1.54) is 0 Å². The monoisotopic (exact) mass is 214 g/mol. The summed E-state index contributed by atoms with van der Waals surface area (Å²) in [4.78, 5) is 4.27. The lowest BCUT2D eigenvalue weighted by Gasteiger charge is -2.29. The van der Waals surface area contributed by atoms with Crippen LogP contribution in [0.15, 0.2) is 11.6 Å². The van der Waals surface area contributed by atoms with Gasteiger partial charge >= 0.3 is 0 Å². The van der Waals surface area contributed by atoms with Crippen molar-refractivity contribution in [2.75, 3.05) is 0 Å². The maximum absolute atomic E-state index is 9.40. The van der Waals surface area contributed by atoms with Gasteiger partial charge in [-0.3, -0.25) is 0 Å². The Hall–Kier alpha value is -0.450. The number of hydrogen-bond donors (Lipinski definition) is 2. The van der Waals surface area contributed by atoms with Crippen molar-refractivity contribution in [1.82, 2.24) is 10.3 Å². The molecule has 1 aromatic heterocycles. The highest BCUT2D eigenvalue weighted by Gasteiger charge is 2.26. The predicted octanol–water partition coefficient (Wildman–Crippen LogP) is 1.74. The first-order valence-electron chi connectivity index (χ1n) is 4.79. The van der Waals surface area contributed by atoms with Gasteiger partial charge in [-0.25, -0.2) is 4.98 Å². The number of nitrogens with one attached hydrogen (secondary N) is 1. The summed E-state index contributed by atoms with van der Waals surface area (Å²) in [6.07, 6.45) is 1.45. The molecule has 1 aromatic rings. The first-order chi connectivity index (χ1) is 6.43. The molecular formula is C10H18N2OS. The lowest BCUT2D eigenvalue weighted by atomic mass is 10.0. The largest absolute Gasteiger partial charge is 0.392 e. The Bertz CT molecular complexity index is 270. The predicted molar refractivity (Wildman–Crippen MR) is 59.4 cm³/mol. The van der Waals surface area contributed by atoms with Gasteiger partial charge in [0.1, 0.15) is 5.01 Å². The topological polar surface area (TPSA) is 45.1 Å². The molecule has 0 spiro atoms. The van der Waals surface area contributed by atoms with Gasteiger partial charge in [-0.05, 0) is 27.7 Å². The molecule has 3 nitrogen and oxygen atoms in total. The van der Waals surface area contributed by atoms with Crippen molar-refractivity contribution < 1.29 is 5.11 Å². The molecule has 2 N–H and O–H groups in total. The molecule has 14 heavy (non-hydrogen) atoms. The Morgan fingerprint density at radius 3 is 2.57 bits per heavy atom. The second-order valence-electron chi connectivity index (χ2n) is 4.14. The molecule has 0 saturated heterocycles. The van der Waals surface area contributed by atoms with E-state index in [9.17, 15) is 5.11 Å². The molecule has 80 valence electrons. The average molecular weight is 214 g/mol. The summed E-state index contributed by atoms with van der Waals surface area (Å²) in [7, 11) is 0. The van der Waals surface area contributed by atoms with Crippen molar-refractivity contribution >= 4 is 11.3 Å². The molecule has 2 unspecified atom stereocenters. The van der Waals surface area contributed by atoms with E-state index < -0.39 is 0 Å². The fraction of sp³-hybridized carbons (Fsp3) is 0.700. The van der Waals surface area contributed by atoms with Gasteiger partial charge in [0.15, 0.2) is 0 Å². The second kappa shape index (κ2) is 4.38. The van der Waals surface area contributed by atoms with E-state index in [0.29, 0.717) is 0 Å². The van der Waals surface area contributed by atoms with Crippen LogP contribution < -0.4 is 5.32 Å². The summed E-state index contributed by atoms with van der Waals surface area (Å²) < 4.78 is 0. The normalized spacial score (nSPS) is 16.6. The van der Waals surface area contributed by atoms with Gasteiger partial charge in [-0.1, -0.05) is 0 Å². The molecular weight excluding hydrogens is 196 g/mol. The SMILES string of the molecule is CC(O)C(C)NC(C)(C)c1nccs1. The molecule has 0 aliphatic heterocycles. The highest BCUT2D eigenvalue weighted by atomic mass is 32.1. The quantitative estimate of drug-likeness (QED) is 0.802. The molecule has 0 radical (unpaired) electrons. The minimum Gasteiger partial charge on any atom is -0.392 e. The van der Waals surface area contributed by atoms with Crippen molar-refractivity contribution in [3.63, 3.8) is 0 Å². The maximum atomic E-state index is 9.40. The van der Waals surface area contributed by atoms with Crippen molar-refractivity contribution in [2.45, 2.75) is 45.4 Å². The lowest BCUT2D eigenvalue weighted by molar-refractivity contribution is 0.134. The minimum atomic E-state index is -0.353. The molecule has 4 heteroatoms. The first-order valence-corrected chi connectivity index (χ1v) is 5.67. The number of aliphatic hydroxyl groups is 1. The minimum absolute atomic E-state index is 0.0638. The number of nitrogens with zero attached hydrogens (tertiary/aromatic N) is 1. The smallest absolute Gasteiger partial charge is 0.112 e. The Kier molecular flexibility index (Phi) is 3.64. The zero-order valence-electron chi connectivity index (χ0n) is 9.11. The number of aromatic nitrogens is 1. The Morgan fingerprint density at radius 2 is 2.14 bits per heavy atom. The molecule has 0 bridgehead atoms. The number of hydrogen-bond acceptors (Lipinski definition) is 4. The molecule has 0 aromatic carbocycles. The third-order valence-corrected chi connectivity index (χ3v) is 3.38. The van der Waals surface area contributed by atoms with E-state index in [2.05, 4.69) is 24.1 Å². The summed E-state index contributed by atoms with van der Waals surface area (Å²) in [6, 6.07) is 0.0638. The molecule has 0 aliphatic carbocycles. The molecule has 1 rings (SSSR count). The van der Waals surface area contributed by atoms with Crippen molar-refractivity contribution in [2.24, 2.45) is 0 Å². The van der Waals surface area contributed by atoms with Crippen LogP contribution in [-0.4, -0.2) is 22.2 Å². The van der Waals surface area contributed by atoms with E-state index in [4.69, 9.17) is 0 Å². The number of aliphatic hydroxyl groups excluding tert-OH is 1. The third kappa shape index (κ3) is 2.77. The Balaban J connectivity index is 2.67. The van der Waals surface area contributed by atoms with Crippen LogP contribution in [0.5, 0.6) is 0 Å². The van der Waals surface area contributed by atoms with E-state index >= 15 is 0 Å². The standard InChI is InChI=1S/C10H18N2OS/c1-7(8(2)13)12-10(3,4)9-11-5-6-14-9/h5-8,12-13H,1-4H3. The highest BCUT2D eigenvalue weighted by molar-refractivity contribution is 7.09. The van der Waals surface area contributed by atoms with Crippen LogP contribution in [-0.2, 0) is 5.54 Å². The molecule has 0 fully saturated rings. The zero-order valence-corrected chi connectivity index (χ0v) is 9.93. The number of thiazole rings is 1. The number of rotatable bonds is 4. The van der Waals surface area contributed by atoms with Crippen LogP contribution in [0.25, 0.3) is 0 Å². The van der Waals surface area contributed by atoms with Gasteiger partial charge in [0, 0.05) is 17.6 Å². The Morgan fingerprint density at radius 1 is 1.50 bits per heavy atom. The van der Waals surface area contributed by atoms with Gasteiger partial charge in [-0.15, -0.1) is 11.3 Å². The van der Waals surface area contributed by atoms with E-state index in [-0.39, 0.29) is 17.7 Å². The van der Waals surface area contributed by atoms with Crippen LogP contribution in [0.2, 0.25) is 0 Å². The van der Waals surface area contributed by atoms with Crippen molar-refractivity contribution in [3.05, 3.63) is 16.6 Å². The van der Waals surface area contributed by atoms with E-state index in [1.54, 1.807) is 24.5 Å². The highest BCUT2D eigenvalue weighted by Crippen LogP contribution is 2.22. The lowest BCUT2D eigenvalue weighted by Crippen LogP contribution is -2.46. The van der Waals surface area contributed by atoms with Crippen LogP contribution in [0, 0.1) is 0 Å². The van der Waals surface area contributed by atoms with E-state index in [1.807, 2.05) is 12.3 Å². The summed E-state index contributed by atoms with van der Waals surface area (Å²) >= 11 is 1.63. The zero-order chi connectivity index (χ0) is 10.8. The molecule has 2 atom stereocenters. The average Bonchev–Trinajstić information content (AvgIpc) is 2.54. The van der Waals surface area contributed by atoms with Gasteiger partial charge in [0.05, 0.1) is 11.6 Å². The summed E-state index contributed by atoms with van der Waals surface area (Å²) in [6.45, 7) is 7.91.